The van der Waals surface area contributed by atoms with Gasteiger partial charge in [-0.3, -0.25) is 14.0 Å². The Morgan fingerprint density at radius 1 is 1.16 bits per heavy atom. The number of halogens is 4. The molecule has 1 saturated carbocycles. The summed E-state index contributed by atoms with van der Waals surface area (Å²) in [6.45, 7) is 0.592. The van der Waals surface area contributed by atoms with E-state index in [0.717, 1.165) is 47.7 Å². The molecule has 2 aliphatic heterocycles. The van der Waals surface area contributed by atoms with Crippen LogP contribution in [0.1, 0.15) is 53.2 Å². The molecule has 2 aromatic heterocycles. The number of thioether (sulfide) groups is 1. The number of nitrogens with zero attached hydrogens (tertiary/aromatic N) is 4. The number of amides is 2. The fraction of sp³-hybridized carbons (Fsp3) is 0.571. The molecule has 2 saturated heterocycles. The van der Waals surface area contributed by atoms with Gasteiger partial charge in [0.05, 0.1) is 5.56 Å². The summed E-state index contributed by atoms with van der Waals surface area (Å²) in [6.07, 6.45) is 0.442. The van der Waals surface area contributed by atoms with Gasteiger partial charge < -0.3 is 9.80 Å². The van der Waals surface area contributed by atoms with Crippen molar-refractivity contribution in [1.82, 2.24) is 19.2 Å². The predicted octanol–water partition coefficient (Wildman–Crippen LogP) is 4.06. The summed E-state index contributed by atoms with van der Waals surface area (Å²) in [5, 5.41) is -0.155. The van der Waals surface area contributed by atoms with E-state index in [1.54, 1.807) is 6.20 Å². The van der Waals surface area contributed by atoms with Gasteiger partial charge in [0.2, 0.25) is 5.91 Å². The number of carbonyl (C=O) groups is 2. The Morgan fingerprint density at radius 3 is 2.50 bits per heavy atom. The van der Waals surface area contributed by atoms with Gasteiger partial charge >= 0.3 is 6.18 Å². The summed E-state index contributed by atoms with van der Waals surface area (Å²) in [5.74, 6) is 1.33. The number of carbonyl (C=O) groups excluding carboxylic acids is 2. The average Bonchev–Trinajstić information content (AvgIpc) is 3.56. The lowest BCUT2D eigenvalue weighted by Gasteiger charge is -2.40. The molecule has 4 heterocycles. The van der Waals surface area contributed by atoms with E-state index in [1.165, 1.54) is 4.90 Å². The van der Waals surface area contributed by atoms with Crippen molar-refractivity contribution in [1.29, 1.82) is 0 Å². The van der Waals surface area contributed by atoms with Crippen molar-refractivity contribution in [3.8, 4) is 0 Å². The van der Waals surface area contributed by atoms with Gasteiger partial charge in [0.25, 0.3) is 5.91 Å². The van der Waals surface area contributed by atoms with Gasteiger partial charge in [-0.05, 0) is 54.7 Å². The van der Waals surface area contributed by atoms with Crippen LogP contribution < -0.4 is 0 Å². The fourth-order valence-corrected chi connectivity index (χ4v) is 5.85. The van der Waals surface area contributed by atoms with Crippen molar-refractivity contribution in [2.45, 2.75) is 43.8 Å². The zero-order valence-electron chi connectivity index (χ0n) is 17.2. The van der Waals surface area contributed by atoms with Gasteiger partial charge in [-0.2, -0.15) is 24.9 Å². The molecule has 3 aliphatic rings. The second-order valence-electron chi connectivity index (χ2n) is 8.56. The molecule has 0 bridgehead atoms. The molecule has 2 aromatic rings. The monoisotopic (exact) mass is 486 g/mol. The highest BCUT2D eigenvalue weighted by Gasteiger charge is 2.39. The van der Waals surface area contributed by atoms with Crippen molar-refractivity contribution in [2.75, 3.05) is 31.1 Å². The van der Waals surface area contributed by atoms with E-state index in [9.17, 15) is 22.8 Å². The summed E-state index contributed by atoms with van der Waals surface area (Å²) in [6, 6.07) is 1.30. The molecule has 2 amide bonds. The van der Waals surface area contributed by atoms with Crippen LogP contribution in [0.15, 0.2) is 12.3 Å². The third-order valence-corrected chi connectivity index (χ3v) is 7.83. The van der Waals surface area contributed by atoms with Gasteiger partial charge in [-0.1, -0.05) is 11.6 Å². The molecule has 172 valence electrons. The van der Waals surface area contributed by atoms with Crippen LogP contribution in [0.2, 0.25) is 5.15 Å². The summed E-state index contributed by atoms with van der Waals surface area (Å²) >= 11 is 8.24. The van der Waals surface area contributed by atoms with Gasteiger partial charge in [0, 0.05) is 25.3 Å². The van der Waals surface area contributed by atoms with Crippen LogP contribution in [-0.4, -0.2) is 68.2 Å². The van der Waals surface area contributed by atoms with Crippen molar-refractivity contribution < 1.29 is 22.8 Å². The van der Waals surface area contributed by atoms with E-state index in [4.69, 9.17) is 11.6 Å². The SMILES string of the molecule is O=C(c1nc2c(C(F)(F)F)cc(C3CC3)cn2c1Cl)N1CCN(C2CCSCC2)C(=O)C1. The van der Waals surface area contributed by atoms with Crippen LogP contribution in [0, 0.1) is 0 Å². The van der Waals surface area contributed by atoms with Crippen LogP contribution >= 0.6 is 23.4 Å². The number of alkyl halides is 3. The topological polar surface area (TPSA) is 57.9 Å². The molecule has 0 N–H and O–H groups in total. The zero-order chi connectivity index (χ0) is 22.6. The molecule has 0 spiro atoms. The van der Waals surface area contributed by atoms with E-state index in [1.807, 2.05) is 16.7 Å². The number of aromatic nitrogens is 2. The van der Waals surface area contributed by atoms with Gasteiger partial charge in [-0.25, -0.2) is 4.98 Å². The molecule has 0 unspecified atom stereocenters. The first-order chi connectivity index (χ1) is 15.2. The summed E-state index contributed by atoms with van der Waals surface area (Å²) in [5.41, 5.74) is -1.00. The summed E-state index contributed by atoms with van der Waals surface area (Å²) in [7, 11) is 0. The Bertz CT molecular complexity index is 1080. The molecule has 0 atom stereocenters. The maximum atomic E-state index is 13.7. The average molecular weight is 487 g/mol. The van der Waals surface area contributed by atoms with Crippen molar-refractivity contribution >= 4 is 40.8 Å². The molecule has 6 nitrogen and oxygen atoms in total. The first-order valence-corrected chi connectivity index (χ1v) is 12.2. The van der Waals surface area contributed by atoms with E-state index in [-0.39, 0.29) is 40.9 Å². The Balaban J connectivity index is 1.43. The molecule has 5 rings (SSSR count). The number of piperazine rings is 1. The minimum absolute atomic E-state index is 0.0713. The molecule has 0 radical (unpaired) electrons. The number of imidazole rings is 1. The molecule has 3 fully saturated rings. The minimum atomic E-state index is -4.62. The van der Waals surface area contributed by atoms with E-state index in [2.05, 4.69) is 4.98 Å². The third kappa shape index (κ3) is 3.96. The van der Waals surface area contributed by atoms with Gasteiger partial charge in [0.15, 0.2) is 11.3 Å². The van der Waals surface area contributed by atoms with Crippen LogP contribution in [0.25, 0.3) is 5.65 Å². The Labute approximate surface area is 192 Å². The highest BCUT2D eigenvalue weighted by Crippen LogP contribution is 2.43. The lowest BCUT2D eigenvalue weighted by molar-refractivity contribution is -0.138. The highest BCUT2D eigenvalue weighted by atomic mass is 35.5. The summed E-state index contributed by atoms with van der Waals surface area (Å²) < 4.78 is 42.3. The Hall–Kier alpha value is -1.94. The number of rotatable bonds is 3. The zero-order valence-corrected chi connectivity index (χ0v) is 18.8. The second kappa shape index (κ2) is 8.13. The largest absolute Gasteiger partial charge is 0.419 e. The molecule has 32 heavy (non-hydrogen) atoms. The number of fused-ring (bicyclic) bond motifs is 1. The summed E-state index contributed by atoms with van der Waals surface area (Å²) in [4.78, 5) is 33.0. The maximum absolute atomic E-state index is 13.7. The van der Waals surface area contributed by atoms with Crippen LogP contribution in [0.3, 0.4) is 0 Å². The Morgan fingerprint density at radius 2 is 1.88 bits per heavy atom. The number of hydrogen-bond acceptors (Lipinski definition) is 4. The lowest BCUT2D eigenvalue weighted by atomic mass is 10.1. The van der Waals surface area contributed by atoms with E-state index < -0.39 is 17.6 Å². The third-order valence-electron chi connectivity index (χ3n) is 6.42. The lowest BCUT2D eigenvalue weighted by Crippen LogP contribution is -2.56. The van der Waals surface area contributed by atoms with Gasteiger partial charge in [0.1, 0.15) is 11.7 Å². The fourth-order valence-electron chi connectivity index (χ4n) is 4.52. The van der Waals surface area contributed by atoms with Crippen molar-refractivity contribution in [2.24, 2.45) is 0 Å². The highest BCUT2D eigenvalue weighted by molar-refractivity contribution is 7.99. The van der Waals surface area contributed by atoms with Gasteiger partial charge in [-0.15, -0.1) is 0 Å². The quantitative estimate of drug-likeness (QED) is 0.656. The van der Waals surface area contributed by atoms with Crippen LogP contribution in [0.4, 0.5) is 13.2 Å². The molecule has 0 aromatic carbocycles. The van der Waals surface area contributed by atoms with Crippen molar-refractivity contribution in [3.63, 3.8) is 0 Å². The smallest absolute Gasteiger partial charge is 0.336 e. The normalized spacial score (nSPS) is 20.9. The molecule has 11 heteroatoms. The second-order valence-corrected chi connectivity index (χ2v) is 10.1. The minimum Gasteiger partial charge on any atom is -0.336 e. The molecule has 1 aliphatic carbocycles. The number of pyridine rings is 1. The Kier molecular flexibility index (Phi) is 5.56. The predicted molar refractivity (Wildman–Crippen MR) is 115 cm³/mol. The van der Waals surface area contributed by atoms with E-state index >= 15 is 0 Å². The number of hydrogen-bond donors (Lipinski definition) is 0. The maximum Gasteiger partial charge on any atom is 0.419 e. The first-order valence-electron chi connectivity index (χ1n) is 10.7. The molecular weight excluding hydrogens is 465 g/mol. The first kappa shape index (κ1) is 21.9. The van der Waals surface area contributed by atoms with Crippen LogP contribution in [0.5, 0.6) is 0 Å². The van der Waals surface area contributed by atoms with E-state index in [0.29, 0.717) is 18.7 Å². The molecular formula is C21H22ClF3N4O2S. The standard InChI is InChI=1S/C21H22ClF3N4O2S/c22-18-17(20(31)27-5-6-28(16(30)11-27)14-3-7-32-8-4-14)26-19-15(21(23,24)25)9-13(10-29(18)19)12-1-2-12/h9-10,12,14H,1-8,11H2. The van der Waals surface area contributed by atoms with Crippen molar-refractivity contribution in [3.05, 3.63) is 34.2 Å². The van der Waals surface area contributed by atoms with Crippen LogP contribution in [-0.2, 0) is 11.0 Å².